The molecule has 2 saturated heterocycles. The number of carbonyl (C=O) groups is 3. The van der Waals surface area contributed by atoms with Gasteiger partial charge in [-0.25, -0.2) is 4.79 Å². The quantitative estimate of drug-likeness (QED) is 0.822. The summed E-state index contributed by atoms with van der Waals surface area (Å²) in [5.74, 6) is -0.484. The Bertz CT molecular complexity index is 615. The minimum atomic E-state index is -1.23. The molecule has 1 aromatic heterocycles. The van der Waals surface area contributed by atoms with E-state index in [1.165, 1.54) is 16.2 Å². The molecule has 0 unspecified atom stereocenters. The maximum Gasteiger partial charge on any atom is 0.405 e. The zero-order valence-corrected chi connectivity index (χ0v) is 13.8. The first-order chi connectivity index (χ1) is 11.6. The molecule has 2 N–H and O–H groups in total. The number of amides is 3. The van der Waals surface area contributed by atoms with Gasteiger partial charge in [0.15, 0.2) is 0 Å². The van der Waals surface area contributed by atoms with Crippen molar-refractivity contribution in [2.24, 2.45) is 0 Å². The number of rotatable bonds is 4. The Morgan fingerprint density at radius 3 is 2.71 bits per heavy atom. The van der Waals surface area contributed by atoms with E-state index in [2.05, 4.69) is 5.32 Å². The summed E-state index contributed by atoms with van der Waals surface area (Å²) in [6, 6.07) is 2.19. The summed E-state index contributed by atoms with van der Waals surface area (Å²) in [5.41, 5.74) is 0. The van der Waals surface area contributed by atoms with Crippen LogP contribution in [0.4, 0.5) is 4.79 Å². The van der Waals surface area contributed by atoms with E-state index in [4.69, 9.17) is 9.84 Å². The molecule has 3 heterocycles. The number of carboxylic acid groups (broad SMARTS) is 1. The molecule has 0 aliphatic carbocycles. The topological polar surface area (TPSA) is 99.2 Å². The van der Waals surface area contributed by atoms with Gasteiger partial charge in [-0.3, -0.25) is 9.59 Å². The minimum Gasteiger partial charge on any atom is -0.465 e. The summed E-state index contributed by atoms with van der Waals surface area (Å²) in [6.45, 7) is 2.32. The molecule has 9 heteroatoms. The van der Waals surface area contributed by atoms with Crippen LogP contribution in [0.5, 0.6) is 0 Å². The van der Waals surface area contributed by atoms with E-state index in [9.17, 15) is 14.4 Å². The smallest absolute Gasteiger partial charge is 0.405 e. The van der Waals surface area contributed by atoms with Gasteiger partial charge in [0.25, 0.3) is 5.91 Å². The van der Waals surface area contributed by atoms with Crippen molar-refractivity contribution in [2.45, 2.75) is 18.5 Å². The fraction of sp³-hybridized carbons (Fsp3) is 0.533. The molecule has 130 valence electrons. The van der Waals surface area contributed by atoms with Crippen LogP contribution >= 0.6 is 11.3 Å². The Morgan fingerprint density at radius 1 is 1.33 bits per heavy atom. The van der Waals surface area contributed by atoms with E-state index in [0.29, 0.717) is 39.3 Å². The Kier molecular flexibility index (Phi) is 5.00. The first-order valence-electron chi connectivity index (χ1n) is 7.78. The van der Waals surface area contributed by atoms with Gasteiger partial charge in [-0.2, -0.15) is 0 Å². The third kappa shape index (κ3) is 3.36. The molecular weight excluding hydrogens is 334 g/mol. The van der Waals surface area contributed by atoms with Gasteiger partial charge in [-0.15, -0.1) is 11.3 Å². The van der Waals surface area contributed by atoms with Gasteiger partial charge < -0.3 is 25.0 Å². The number of thiophene rings is 1. The van der Waals surface area contributed by atoms with Crippen molar-refractivity contribution in [1.82, 2.24) is 15.1 Å². The molecule has 2 aliphatic heterocycles. The second-order valence-corrected chi connectivity index (χ2v) is 6.66. The van der Waals surface area contributed by atoms with Gasteiger partial charge in [-0.1, -0.05) is 6.07 Å². The van der Waals surface area contributed by atoms with Crippen molar-refractivity contribution in [1.29, 1.82) is 0 Å². The monoisotopic (exact) mass is 353 g/mol. The van der Waals surface area contributed by atoms with Crippen molar-refractivity contribution in [2.75, 3.05) is 32.8 Å². The number of likely N-dealkylation sites (tertiary alicyclic amines) is 1. The van der Waals surface area contributed by atoms with Gasteiger partial charge >= 0.3 is 6.09 Å². The Balaban J connectivity index is 1.82. The molecule has 24 heavy (non-hydrogen) atoms. The summed E-state index contributed by atoms with van der Waals surface area (Å²) in [6.07, 6.45) is -0.869. The van der Waals surface area contributed by atoms with Gasteiger partial charge in [-0.05, 0) is 17.9 Å². The van der Waals surface area contributed by atoms with Crippen LogP contribution in [-0.2, 0) is 14.3 Å². The van der Waals surface area contributed by atoms with Crippen LogP contribution in [0.25, 0.3) is 0 Å². The molecule has 0 bridgehead atoms. The van der Waals surface area contributed by atoms with Crippen molar-refractivity contribution in [3.63, 3.8) is 0 Å². The van der Waals surface area contributed by atoms with E-state index in [-0.39, 0.29) is 11.8 Å². The lowest BCUT2D eigenvalue weighted by molar-refractivity contribution is -0.147. The van der Waals surface area contributed by atoms with E-state index in [0.717, 1.165) is 4.88 Å². The number of nitrogens with one attached hydrogen (secondary N) is 1. The normalized spacial score (nSPS) is 22.5. The maximum absolute atomic E-state index is 13.0. The van der Waals surface area contributed by atoms with E-state index in [1.807, 2.05) is 17.5 Å². The Hall–Kier alpha value is -2.13. The van der Waals surface area contributed by atoms with E-state index < -0.39 is 18.2 Å². The van der Waals surface area contributed by atoms with Crippen LogP contribution in [0.15, 0.2) is 17.5 Å². The number of carbonyl (C=O) groups excluding carboxylic acids is 2. The third-order valence-corrected chi connectivity index (χ3v) is 5.14. The molecule has 2 atom stereocenters. The fourth-order valence-corrected chi connectivity index (χ4v) is 3.88. The highest BCUT2D eigenvalue weighted by Crippen LogP contribution is 2.31. The first-order valence-corrected chi connectivity index (χ1v) is 8.66. The maximum atomic E-state index is 13.0. The van der Waals surface area contributed by atoms with Crippen LogP contribution in [0.3, 0.4) is 0 Å². The van der Waals surface area contributed by atoms with Crippen molar-refractivity contribution in [3.8, 4) is 0 Å². The lowest BCUT2D eigenvalue weighted by atomic mass is 10.1. The predicted molar refractivity (Wildman–Crippen MR) is 85.7 cm³/mol. The summed E-state index contributed by atoms with van der Waals surface area (Å²) >= 11 is 1.42. The summed E-state index contributed by atoms with van der Waals surface area (Å²) in [5, 5.41) is 12.9. The lowest BCUT2D eigenvalue weighted by Crippen LogP contribution is -2.49. The fourth-order valence-electron chi connectivity index (χ4n) is 3.05. The van der Waals surface area contributed by atoms with Crippen LogP contribution in [0.2, 0.25) is 0 Å². The van der Waals surface area contributed by atoms with Crippen LogP contribution < -0.4 is 5.32 Å². The number of nitrogens with zero attached hydrogens (tertiary/aromatic N) is 2. The van der Waals surface area contributed by atoms with Crippen LogP contribution in [0, 0.1) is 0 Å². The molecule has 0 radical (unpaired) electrons. The van der Waals surface area contributed by atoms with Crippen molar-refractivity contribution < 1.29 is 24.2 Å². The largest absolute Gasteiger partial charge is 0.465 e. The molecule has 2 aliphatic rings. The average Bonchev–Trinajstić information content (AvgIpc) is 3.21. The van der Waals surface area contributed by atoms with Gasteiger partial charge in [0.2, 0.25) is 5.91 Å². The highest BCUT2D eigenvalue weighted by atomic mass is 32.1. The van der Waals surface area contributed by atoms with Crippen molar-refractivity contribution in [3.05, 3.63) is 22.4 Å². The molecule has 8 nitrogen and oxygen atoms in total. The molecule has 1 aromatic rings. The number of hydrogen-bond acceptors (Lipinski definition) is 5. The number of hydrogen-bond donors (Lipinski definition) is 2. The summed E-state index contributed by atoms with van der Waals surface area (Å²) < 4.78 is 5.28. The second kappa shape index (κ2) is 7.18. The number of ether oxygens (including phenoxy) is 1. The van der Waals surface area contributed by atoms with E-state index >= 15 is 0 Å². The standard InChI is InChI=1S/C15H19N3O5S/c19-13-10(16-15(21)22)3-4-18(13)12(11-2-1-9-24-11)14(20)17-5-7-23-8-6-17/h1-2,9-10,12,16H,3-8H2,(H,21,22)/t10-,12-/m0/s1. The highest BCUT2D eigenvalue weighted by molar-refractivity contribution is 7.10. The SMILES string of the molecule is O=C(O)N[C@H]1CCN([C@H](C(=O)N2CCOCC2)c2cccs2)C1=O. The van der Waals surface area contributed by atoms with Crippen LogP contribution in [0.1, 0.15) is 17.3 Å². The van der Waals surface area contributed by atoms with Gasteiger partial charge in [0, 0.05) is 24.5 Å². The second-order valence-electron chi connectivity index (χ2n) is 5.68. The van der Waals surface area contributed by atoms with E-state index in [1.54, 1.807) is 4.90 Å². The summed E-state index contributed by atoms with van der Waals surface area (Å²) in [7, 11) is 0. The zero-order chi connectivity index (χ0) is 17.1. The predicted octanol–water partition coefficient (Wildman–Crippen LogP) is 0.517. The molecule has 2 fully saturated rings. The van der Waals surface area contributed by atoms with Crippen molar-refractivity contribution >= 4 is 29.2 Å². The first kappa shape index (κ1) is 16.7. The molecule has 0 saturated carbocycles. The molecular formula is C15H19N3O5S. The molecule has 0 aromatic carbocycles. The lowest BCUT2D eigenvalue weighted by Gasteiger charge is -2.34. The molecule has 0 spiro atoms. The molecule has 3 rings (SSSR count). The highest BCUT2D eigenvalue weighted by Gasteiger charge is 2.42. The Morgan fingerprint density at radius 2 is 2.08 bits per heavy atom. The third-order valence-electron chi connectivity index (χ3n) is 4.22. The number of morpholine rings is 1. The minimum absolute atomic E-state index is 0.134. The Labute approximate surface area is 143 Å². The average molecular weight is 353 g/mol. The summed E-state index contributed by atoms with van der Waals surface area (Å²) in [4.78, 5) is 40.4. The van der Waals surface area contributed by atoms with Gasteiger partial charge in [0.05, 0.1) is 13.2 Å². The molecule has 3 amide bonds. The van der Waals surface area contributed by atoms with Gasteiger partial charge in [0.1, 0.15) is 12.1 Å². The van der Waals surface area contributed by atoms with Crippen LogP contribution in [-0.4, -0.2) is 71.7 Å². The zero-order valence-electron chi connectivity index (χ0n) is 13.0.